The summed E-state index contributed by atoms with van der Waals surface area (Å²) in [4.78, 5) is 28.5. The van der Waals surface area contributed by atoms with E-state index in [0.29, 0.717) is 13.0 Å². The Hall–Kier alpha value is -2.69. The van der Waals surface area contributed by atoms with Gasteiger partial charge in [0.15, 0.2) is 0 Å². The van der Waals surface area contributed by atoms with Gasteiger partial charge in [-0.05, 0) is 30.5 Å². The van der Waals surface area contributed by atoms with E-state index in [2.05, 4.69) is 10.3 Å². The Morgan fingerprint density at radius 3 is 2.52 bits per heavy atom. The summed E-state index contributed by atoms with van der Waals surface area (Å²) >= 11 is 0. The molecule has 2 rings (SSSR count). The maximum absolute atomic E-state index is 12.4. The number of rotatable bonds is 7. The number of benzene rings is 1. The molecule has 1 N–H and O–H groups in total. The highest BCUT2D eigenvalue weighted by molar-refractivity contribution is 5.98. The van der Waals surface area contributed by atoms with Crippen molar-refractivity contribution in [1.82, 2.24) is 10.3 Å². The van der Waals surface area contributed by atoms with E-state index < -0.39 is 11.9 Å². The van der Waals surface area contributed by atoms with Gasteiger partial charge in [0, 0.05) is 18.9 Å². The lowest BCUT2D eigenvalue weighted by atomic mass is 9.98. The molecule has 0 fully saturated rings. The van der Waals surface area contributed by atoms with Crippen LogP contribution in [0.4, 0.5) is 0 Å². The minimum atomic E-state index is -0.853. The number of pyridine rings is 1. The number of ether oxygens (including phenoxy) is 1. The summed E-state index contributed by atoms with van der Waals surface area (Å²) < 4.78 is 5.04. The van der Waals surface area contributed by atoms with Gasteiger partial charge in [0.2, 0.25) is 5.91 Å². The first-order chi connectivity index (χ1) is 11.2. The highest BCUT2D eigenvalue weighted by atomic mass is 16.5. The Bertz CT molecular complexity index is 629. The van der Waals surface area contributed by atoms with Crippen molar-refractivity contribution < 1.29 is 14.3 Å². The molecule has 120 valence electrons. The second kappa shape index (κ2) is 8.68. The van der Waals surface area contributed by atoms with E-state index in [-0.39, 0.29) is 12.5 Å². The predicted molar refractivity (Wildman–Crippen MR) is 86.4 cm³/mol. The van der Waals surface area contributed by atoms with E-state index in [1.165, 1.54) is 0 Å². The normalized spacial score (nSPS) is 11.5. The molecule has 0 spiro atoms. The van der Waals surface area contributed by atoms with Crippen LogP contribution in [0, 0.1) is 5.92 Å². The summed E-state index contributed by atoms with van der Waals surface area (Å²) in [5.41, 5.74) is 1.80. The summed E-state index contributed by atoms with van der Waals surface area (Å²) in [6.07, 6.45) is 3.66. The van der Waals surface area contributed by atoms with Crippen LogP contribution in [-0.2, 0) is 27.3 Å². The maximum atomic E-state index is 12.4. The van der Waals surface area contributed by atoms with Gasteiger partial charge in [-0.3, -0.25) is 14.6 Å². The molecule has 23 heavy (non-hydrogen) atoms. The molecule has 5 heteroatoms. The molecule has 0 aliphatic heterocycles. The quantitative estimate of drug-likeness (QED) is 0.628. The molecule has 0 saturated carbocycles. The molecule has 1 atom stereocenters. The van der Waals surface area contributed by atoms with Crippen LogP contribution in [0.1, 0.15) is 18.1 Å². The van der Waals surface area contributed by atoms with Crippen LogP contribution in [0.15, 0.2) is 54.9 Å². The minimum absolute atomic E-state index is 0.250. The first-order valence-corrected chi connectivity index (χ1v) is 7.58. The number of nitrogens with zero attached hydrogens (tertiary/aromatic N) is 1. The molecule has 0 aliphatic rings. The lowest BCUT2D eigenvalue weighted by molar-refractivity contribution is -0.152. The number of amides is 1. The highest BCUT2D eigenvalue weighted by Crippen LogP contribution is 2.11. The van der Waals surface area contributed by atoms with Gasteiger partial charge in [-0.1, -0.05) is 36.4 Å². The average molecular weight is 312 g/mol. The largest absolute Gasteiger partial charge is 0.465 e. The van der Waals surface area contributed by atoms with Crippen LogP contribution in [0.25, 0.3) is 0 Å². The number of nitrogens with one attached hydrogen (secondary N) is 1. The van der Waals surface area contributed by atoms with Crippen molar-refractivity contribution in [3.63, 3.8) is 0 Å². The maximum Gasteiger partial charge on any atom is 0.318 e. The number of aromatic nitrogens is 1. The minimum Gasteiger partial charge on any atom is -0.465 e. The highest BCUT2D eigenvalue weighted by Gasteiger charge is 2.28. The molecule has 0 bridgehead atoms. The number of carbonyl (C=O) groups is 2. The van der Waals surface area contributed by atoms with Gasteiger partial charge in [-0.2, -0.15) is 0 Å². The number of esters is 1. The van der Waals surface area contributed by atoms with Gasteiger partial charge in [0.1, 0.15) is 5.92 Å². The molecule has 5 nitrogen and oxygen atoms in total. The predicted octanol–water partition coefficient (Wildman–Crippen LogP) is 2.12. The standard InChI is InChI=1S/C18H20N2O3/c1-2-23-18(22)16(11-14-7-4-3-5-8-14)17(21)20-13-15-9-6-10-19-12-15/h3-10,12,16H,2,11,13H2,1H3,(H,20,21)/t16-/m0/s1. The fourth-order valence-corrected chi connectivity index (χ4v) is 2.19. The molecular formula is C18H20N2O3. The van der Waals surface area contributed by atoms with Crippen molar-refractivity contribution >= 4 is 11.9 Å². The second-order valence-electron chi connectivity index (χ2n) is 5.07. The summed E-state index contributed by atoms with van der Waals surface area (Å²) in [5.74, 6) is -1.69. The van der Waals surface area contributed by atoms with Crippen LogP contribution in [0.2, 0.25) is 0 Å². The Labute approximate surface area is 135 Å². The van der Waals surface area contributed by atoms with Crippen LogP contribution >= 0.6 is 0 Å². The SMILES string of the molecule is CCOC(=O)[C@@H](Cc1ccccc1)C(=O)NCc1cccnc1. The lowest BCUT2D eigenvalue weighted by Gasteiger charge is -2.15. The van der Waals surface area contributed by atoms with Gasteiger partial charge in [0.25, 0.3) is 0 Å². The van der Waals surface area contributed by atoms with Crippen molar-refractivity contribution in [2.24, 2.45) is 5.92 Å². The fourth-order valence-electron chi connectivity index (χ4n) is 2.19. The van der Waals surface area contributed by atoms with Crippen molar-refractivity contribution in [1.29, 1.82) is 0 Å². The third-order valence-corrected chi connectivity index (χ3v) is 3.36. The van der Waals surface area contributed by atoms with Crippen LogP contribution < -0.4 is 5.32 Å². The molecule has 0 unspecified atom stereocenters. The number of carbonyl (C=O) groups excluding carboxylic acids is 2. The van der Waals surface area contributed by atoms with Gasteiger partial charge in [-0.25, -0.2) is 0 Å². The molecule has 0 saturated heterocycles. The van der Waals surface area contributed by atoms with Crippen LogP contribution in [0.3, 0.4) is 0 Å². The van der Waals surface area contributed by atoms with Crippen molar-refractivity contribution in [2.45, 2.75) is 19.9 Å². The molecule has 0 radical (unpaired) electrons. The first-order valence-electron chi connectivity index (χ1n) is 7.58. The van der Waals surface area contributed by atoms with Gasteiger partial charge in [0.05, 0.1) is 6.61 Å². The van der Waals surface area contributed by atoms with E-state index in [1.54, 1.807) is 25.4 Å². The van der Waals surface area contributed by atoms with Crippen LogP contribution in [0.5, 0.6) is 0 Å². The van der Waals surface area contributed by atoms with E-state index in [9.17, 15) is 9.59 Å². The van der Waals surface area contributed by atoms with E-state index in [0.717, 1.165) is 11.1 Å². The molecule has 0 aliphatic carbocycles. The van der Waals surface area contributed by atoms with E-state index in [4.69, 9.17) is 4.74 Å². The molecule has 1 heterocycles. The number of hydrogen-bond donors (Lipinski definition) is 1. The Morgan fingerprint density at radius 1 is 1.13 bits per heavy atom. The van der Waals surface area contributed by atoms with Crippen molar-refractivity contribution in [3.05, 3.63) is 66.0 Å². The van der Waals surface area contributed by atoms with Gasteiger partial charge < -0.3 is 10.1 Å². The second-order valence-corrected chi connectivity index (χ2v) is 5.07. The summed E-state index contributed by atoms with van der Waals surface area (Å²) in [7, 11) is 0. The Balaban J connectivity index is 2.03. The van der Waals surface area contributed by atoms with E-state index >= 15 is 0 Å². The topological polar surface area (TPSA) is 68.3 Å². The summed E-state index contributed by atoms with van der Waals surface area (Å²) in [5, 5.41) is 2.78. The van der Waals surface area contributed by atoms with Gasteiger partial charge >= 0.3 is 5.97 Å². The van der Waals surface area contributed by atoms with Crippen molar-refractivity contribution in [2.75, 3.05) is 6.61 Å². The molecule has 1 aromatic heterocycles. The molecule has 1 amide bonds. The third kappa shape index (κ3) is 5.21. The zero-order valence-electron chi connectivity index (χ0n) is 13.1. The van der Waals surface area contributed by atoms with Crippen molar-refractivity contribution in [3.8, 4) is 0 Å². The average Bonchev–Trinajstić information content (AvgIpc) is 2.59. The monoisotopic (exact) mass is 312 g/mol. The Morgan fingerprint density at radius 2 is 1.87 bits per heavy atom. The van der Waals surface area contributed by atoms with Crippen LogP contribution in [-0.4, -0.2) is 23.5 Å². The molecular weight excluding hydrogens is 292 g/mol. The zero-order chi connectivity index (χ0) is 16.5. The Kier molecular flexibility index (Phi) is 6.29. The first kappa shape index (κ1) is 16.7. The molecule has 2 aromatic rings. The van der Waals surface area contributed by atoms with Gasteiger partial charge in [-0.15, -0.1) is 0 Å². The smallest absolute Gasteiger partial charge is 0.318 e. The molecule has 1 aromatic carbocycles. The summed E-state index contributed by atoms with van der Waals surface area (Å²) in [6, 6.07) is 13.1. The lowest BCUT2D eigenvalue weighted by Crippen LogP contribution is -2.37. The van der Waals surface area contributed by atoms with E-state index in [1.807, 2.05) is 36.4 Å². The number of hydrogen-bond acceptors (Lipinski definition) is 4. The summed E-state index contributed by atoms with van der Waals surface area (Å²) in [6.45, 7) is 2.31. The third-order valence-electron chi connectivity index (χ3n) is 3.36. The zero-order valence-corrected chi connectivity index (χ0v) is 13.1. The fraction of sp³-hybridized carbons (Fsp3) is 0.278.